The monoisotopic (exact) mass is 572 g/mol. The average molecular weight is 573 g/mol. The molecule has 5 rings (SSSR count). The number of aryl methyl sites for hydroxylation is 1. The maximum absolute atomic E-state index is 12.6. The number of hydrogen-bond acceptors (Lipinski definition) is 6. The molecular weight excluding hydrogens is 541 g/mol. The molecule has 1 fully saturated rings. The van der Waals surface area contributed by atoms with Gasteiger partial charge >= 0.3 is 6.36 Å². The fourth-order valence-electron chi connectivity index (χ4n) is 4.94. The Balaban J connectivity index is 1.45. The number of rotatable bonds is 8. The van der Waals surface area contributed by atoms with Crippen LogP contribution in [0.4, 0.5) is 18.9 Å². The Morgan fingerprint density at radius 2 is 1.73 bits per heavy atom. The number of alkyl halides is 3. The summed E-state index contributed by atoms with van der Waals surface area (Å²) < 4.78 is 67.3. The fourth-order valence-corrected chi connectivity index (χ4v) is 6.22. The van der Waals surface area contributed by atoms with Gasteiger partial charge in [0.1, 0.15) is 11.4 Å². The Hall–Kier alpha value is -3.57. The molecule has 0 radical (unpaired) electrons. The normalized spacial score (nSPS) is 15.8. The van der Waals surface area contributed by atoms with Gasteiger partial charge in [-0.25, -0.2) is 13.4 Å². The second-order valence-corrected chi connectivity index (χ2v) is 12.5. The smallest absolute Gasteiger partial charge is 0.406 e. The minimum Gasteiger partial charge on any atom is -0.406 e. The van der Waals surface area contributed by atoms with Gasteiger partial charge in [-0.1, -0.05) is 6.07 Å². The maximum Gasteiger partial charge on any atom is 0.573 e. The summed E-state index contributed by atoms with van der Waals surface area (Å²) in [6.07, 6.45) is -0.982. The van der Waals surface area contributed by atoms with E-state index in [-0.39, 0.29) is 17.3 Å². The number of benzene rings is 2. The molecule has 2 aromatic heterocycles. The first-order valence-corrected chi connectivity index (χ1v) is 14.9. The average Bonchev–Trinajstić information content (AvgIpc) is 3.27. The highest BCUT2D eigenvalue weighted by Crippen LogP contribution is 2.31. The summed E-state index contributed by atoms with van der Waals surface area (Å²) in [5.41, 5.74) is 5.17. The molecular formula is C29H31F3N4O3S. The first-order chi connectivity index (χ1) is 19.0. The van der Waals surface area contributed by atoms with Crippen molar-refractivity contribution >= 4 is 26.6 Å². The van der Waals surface area contributed by atoms with E-state index in [4.69, 9.17) is 4.98 Å². The van der Waals surface area contributed by atoms with Gasteiger partial charge in [0.15, 0.2) is 9.84 Å². The molecule has 2 aromatic carbocycles. The van der Waals surface area contributed by atoms with Crippen molar-refractivity contribution in [3.63, 3.8) is 0 Å². The highest BCUT2D eigenvalue weighted by atomic mass is 32.2. The first kappa shape index (κ1) is 28.0. The molecule has 212 valence electrons. The third kappa shape index (κ3) is 6.59. The van der Waals surface area contributed by atoms with E-state index in [0.717, 1.165) is 47.4 Å². The second-order valence-electron chi connectivity index (χ2n) is 10.2. The van der Waals surface area contributed by atoms with Gasteiger partial charge in [-0.3, -0.25) is 0 Å². The van der Waals surface area contributed by atoms with Crippen molar-refractivity contribution in [2.75, 3.05) is 50.1 Å². The number of aromatic nitrogens is 2. The summed E-state index contributed by atoms with van der Waals surface area (Å²) in [7, 11) is 1.05. The third-order valence-corrected chi connectivity index (χ3v) is 8.71. The maximum atomic E-state index is 12.6. The molecule has 1 aliphatic heterocycles. The van der Waals surface area contributed by atoms with Crippen LogP contribution in [0.3, 0.4) is 0 Å². The van der Waals surface area contributed by atoms with Crippen LogP contribution < -0.4 is 9.64 Å². The highest BCUT2D eigenvalue weighted by Gasteiger charge is 2.31. The van der Waals surface area contributed by atoms with Crippen molar-refractivity contribution in [1.29, 1.82) is 0 Å². The lowest BCUT2D eigenvalue weighted by atomic mass is 10.1. The van der Waals surface area contributed by atoms with E-state index >= 15 is 0 Å². The Labute approximate surface area is 231 Å². The van der Waals surface area contributed by atoms with Gasteiger partial charge in [-0.2, -0.15) is 0 Å². The van der Waals surface area contributed by atoms with Crippen LogP contribution in [0.5, 0.6) is 5.75 Å². The Kier molecular flexibility index (Phi) is 7.78. The molecule has 4 aromatic rings. The van der Waals surface area contributed by atoms with Crippen LogP contribution in [0, 0.1) is 0 Å². The van der Waals surface area contributed by atoms with Gasteiger partial charge in [-0.05, 0) is 79.5 Å². The molecule has 0 atom stereocenters. The topological polar surface area (TPSA) is 67.7 Å². The SMILES string of the molecule is CN(C)c1cccc(-n2cc(CCCN3CCS(=O)(=O)CC3)c3ccc(-c4ccc(OC(F)(F)F)cc4)nc32)c1. The van der Waals surface area contributed by atoms with Gasteiger partial charge in [-0.15, -0.1) is 13.2 Å². The van der Waals surface area contributed by atoms with Crippen molar-refractivity contribution in [2.24, 2.45) is 0 Å². The summed E-state index contributed by atoms with van der Waals surface area (Å²) in [4.78, 5) is 9.17. The molecule has 0 N–H and O–H groups in total. The van der Waals surface area contributed by atoms with Crippen molar-refractivity contribution in [3.05, 3.63) is 72.4 Å². The van der Waals surface area contributed by atoms with E-state index < -0.39 is 16.2 Å². The lowest BCUT2D eigenvalue weighted by Gasteiger charge is -2.26. The van der Waals surface area contributed by atoms with Crippen LogP contribution in [-0.4, -0.2) is 74.5 Å². The molecule has 3 heterocycles. The van der Waals surface area contributed by atoms with Crippen molar-refractivity contribution in [3.8, 4) is 22.7 Å². The number of sulfone groups is 1. The van der Waals surface area contributed by atoms with E-state index in [1.165, 1.54) is 12.1 Å². The van der Waals surface area contributed by atoms with Crippen LogP contribution in [0.2, 0.25) is 0 Å². The summed E-state index contributed by atoms with van der Waals surface area (Å²) in [5, 5.41) is 0.997. The Morgan fingerprint density at radius 1 is 1.00 bits per heavy atom. The Morgan fingerprint density at radius 3 is 2.40 bits per heavy atom. The summed E-state index contributed by atoms with van der Waals surface area (Å²) in [6.45, 7) is 1.95. The minimum atomic E-state index is -4.75. The number of ether oxygens (including phenoxy) is 1. The molecule has 0 bridgehead atoms. The second kappa shape index (κ2) is 11.1. The molecule has 1 saturated heterocycles. The van der Waals surface area contributed by atoms with Crippen LogP contribution in [-0.2, 0) is 16.3 Å². The summed E-state index contributed by atoms with van der Waals surface area (Å²) >= 11 is 0. The quantitative estimate of drug-likeness (QED) is 0.285. The fraction of sp³-hybridized carbons (Fsp3) is 0.345. The van der Waals surface area contributed by atoms with Crippen molar-refractivity contribution in [1.82, 2.24) is 14.5 Å². The zero-order chi connectivity index (χ0) is 28.5. The Bertz CT molecular complexity index is 1590. The first-order valence-electron chi connectivity index (χ1n) is 13.1. The molecule has 0 aliphatic carbocycles. The molecule has 0 saturated carbocycles. The number of pyridine rings is 1. The zero-order valence-corrected chi connectivity index (χ0v) is 23.2. The molecule has 7 nitrogen and oxygen atoms in total. The van der Waals surface area contributed by atoms with Crippen LogP contribution in [0.25, 0.3) is 28.0 Å². The lowest BCUT2D eigenvalue weighted by Crippen LogP contribution is -2.40. The molecule has 11 heteroatoms. The largest absolute Gasteiger partial charge is 0.573 e. The third-order valence-electron chi connectivity index (χ3n) is 7.10. The van der Waals surface area contributed by atoms with E-state index in [1.54, 1.807) is 12.1 Å². The number of hydrogen-bond donors (Lipinski definition) is 0. The van der Waals surface area contributed by atoms with E-state index in [0.29, 0.717) is 24.3 Å². The van der Waals surface area contributed by atoms with Crippen molar-refractivity contribution < 1.29 is 26.3 Å². The number of nitrogens with zero attached hydrogens (tertiary/aromatic N) is 4. The predicted octanol–water partition coefficient (Wildman–Crippen LogP) is 5.32. The molecule has 0 unspecified atom stereocenters. The lowest BCUT2D eigenvalue weighted by molar-refractivity contribution is -0.274. The predicted molar refractivity (Wildman–Crippen MR) is 151 cm³/mol. The van der Waals surface area contributed by atoms with Crippen LogP contribution >= 0.6 is 0 Å². The van der Waals surface area contributed by atoms with Crippen molar-refractivity contribution in [2.45, 2.75) is 19.2 Å². The summed E-state index contributed by atoms with van der Waals surface area (Å²) in [6, 6.07) is 17.7. The van der Waals surface area contributed by atoms with E-state index in [2.05, 4.69) is 26.5 Å². The minimum absolute atomic E-state index is 0.213. The van der Waals surface area contributed by atoms with Gasteiger partial charge in [0, 0.05) is 55.7 Å². The molecule has 1 aliphatic rings. The highest BCUT2D eigenvalue weighted by molar-refractivity contribution is 7.91. The van der Waals surface area contributed by atoms with Gasteiger partial charge in [0.05, 0.1) is 17.2 Å². The van der Waals surface area contributed by atoms with Gasteiger partial charge < -0.3 is 19.1 Å². The van der Waals surface area contributed by atoms with Crippen LogP contribution in [0.15, 0.2) is 66.9 Å². The van der Waals surface area contributed by atoms with Crippen LogP contribution in [0.1, 0.15) is 12.0 Å². The standard InChI is InChI=1S/C29H31F3N4O3S/c1-34(2)23-6-3-7-24(19-23)36-20-22(5-4-14-35-15-17-40(37,38)18-16-35)26-12-13-27(33-28(26)36)21-8-10-25(11-9-21)39-29(30,31)32/h3,6-13,19-20H,4-5,14-18H2,1-2H3. The molecule has 0 spiro atoms. The van der Waals surface area contributed by atoms with Gasteiger partial charge in [0.2, 0.25) is 0 Å². The molecule has 40 heavy (non-hydrogen) atoms. The number of fused-ring (bicyclic) bond motifs is 1. The summed E-state index contributed by atoms with van der Waals surface area (Å²) in [5.74, 6) is 0.143. The van der Waals surface area contributed by atoms with E-state index in [9.17, 15) is 21.6 Å². The number of halogens is 3. The number of anilines is 1. The molecule has 0 amide bonds. The zero-order valence-electron chi connectivity index (χ0n) is 22.4. The van der Waals surface area contributed by atoms with Gasteiger partial charge in [0.25, 0.3) is 0 Å². The van der Waals surface area contributed by atoms with E-state index in [1.807, 2.05) is 49.3 Å².